The third-order valence-electron chi connectivity index (χ3n) is 3.96. The van der Waals surface area contributed by atoms with E-state index in [1.54, 1.807) is 11.8 Å². The minimum absolute atomic E-state index is 0.499. The van der Waals surface area contributed by atoms with Crippen LogP contribution in [0.3, 0.4) is 0 Å². The van der Waals surface area contributed by atoms with Gasteiger partial charge in [-0.3, -0.25) is 5.10 Å². The first-order valence-corrected chi connectivity index (χ1v) is 8.86. The fourth-order valence-electron chi connectivity index (χ4n) is 2.58. The average Bonchev–Trinajstić information content (AvgIpc) is 3.05. The van der Waals surface area contributed by atoms with Crippen molar-refractivity contribution in [2.45, 2.75) is 26.5 Å². The maximum Gasteiger partial charge on any atom is 0.214 e. The van der Waals surface area contributed by atoms with Crippen molar-refractivity contribution in [3.63, 3.8) is 0 Å². The summed E-state index contributed by atoms with van der Waals surface area (Å²) in [6, 6.07) is 15.9. The van der Waals surface area contributed by atoms with Gasteiger partial charge in [0.1, 0.15) is 6.61 Å². The predicted molar refractivity (Wildman–Crippen MR) is 104 cm³/mol. The van der Waals surface area contributed by atoms with Crippen LogP contribution in [0.25, 0.3) is 0 Å². The van der Waals surface area contributed by atoms with E-state index < -0.39 is 0 Å². The first-order valence-electron chi connectivity index (χ1n) is 8.45. The number of nitrogens with zero attached hydrogens (tertiary/aromatic N) is 2. The first kappa shape index (κ1) is 18.0. The highest BCUT2D eigenvalue weighted by molar-refractivity contribution is 7.71. The molecule has 0 aliphatic rings. The van der Waals surface area contributed by atoms with Gasteiger partial charge in [-0.2, -0.15) is 5.10 Å². The molecule has 6 nitrogen and oxygen atoms in total. The number of hydrogen-bond donors (Lipinski definition) is 2. The zero-order valence-electron chi connectivity index (χ0n) is 14.9. The van der Waals surface area contributed by atoms with Crippen LogP contribution in [0.2, 0.25) is 0 Å². The minimum Gasteiger partial charge on any atom is -0.493 e. The molecule has 26 heavy (non-hydrogen) atoms. The van der Waals surface area contributed by atoms with E-state index in [-0.39, 0.29) is 0 Å². The van der Waals surface area contributed by atoms with Gasteiger partial charge in [-0.25, -0.2) is 4.68 Å². The smallest absolute Gasteiger partial charge is 0.214 e. The predicted octanol–water partition coefficient (Wildman–Crippen LogP) is 3.83. The molecule has 1 aromatic heterocycles. The highest BCUT2D eigenvalue weighted by atomic mass is 32.1. The number of aromatic nitrogens is 3. The number of nitrogens with one attached hydrogen (secondary N) is 2. The zero-order chi connectivity index (χ0) is 18.4. The number of benzene rings is 2. The summed E-state index contributed by atoms with van der Waals surface area (Å²) in [5.74, 6) is 2.28. The summed E-state index contributed by atoms with van der Waals surface area (Å²) in [5.41, 5.74) is 5.45. The van der Waals surface area contributed by atoms with E-state index >= 15 is 0 Å². The van der Waals surface area contributed by atoms with Gasteiger partial charge >= 0.3 is 0 Å². The molecule has 0 aliphatic heterocycles. The Labute approximate surface area is 157 Å². The Morgan fingerprint density at radius 3 is 2.65 bits per heavy atom. The van der Waals surface area contributed by atoms with E-state index in [0.29, 0.717) is 29.4 Å². The molecular formula is C19H22N4O2S. The van der Waals surface area contributed by atoms with E-state index in [4.69, 9.17) is 21.7 Å². The van der Waals surface area contributed by atoms with E-state index in [1.807, 2.05) is 55.5 Å². The van der Waals surface area contributed by atoms with Gasteiger partial charge in [0.2, 0.25) is 4.77 Å². The van der Waals surface area contributed by atoms with Crippen LogP contribution in [-0.2, 0) is 19.6 Å². The quantitative estimate of drug-likeness (QED) is 0.590. The molecule has 0 aliphatic carbocycles. The summed E-state index contributed by atoms with van der Waals surface area (Å²) in [6.07, 6.45) is 0.787. The summed E-state index contributed by atoms with van der Waals surface area (Å²) < 4.78 is 13.7. The first-order chi connectivity index (χ1) is 12.7. The molecule has 136 valence electrons. The molecule has 7 heteroatoms. The Morgan fingerprint density at radius 2 is 1.92 bits per heavy atom. The van der Waals surface area contributed by atoms with Gasteiger partial charge < -0.3 is 14.9 Å². The second-order valence-corrected chi connectivity index (χ2v) is 6.12. The van der Waals surface area contributed by atoms with Crippen LogP contribution in [-0.4, -0.2) is 22.0 Å². The summed E-state index contributed by atoms with van der Waals surface area (Å²) in [5, 5.41) is 6.98. The molecule has 0 saturated heterocycles. The highest BCUT2D eigenvalue weighted by Crippen LogP contribution is 2.29. The minimum atomic E-state index is 0.499. The number of rotatable bonds is 8. The molecular weight excluding hydrogens is 348 g/mol. The number of methoxy groups -OCH3 is 1. The number of ether oxygens (including phenoxy) is 2. The van der Waals surface area contributed by atoms with Crippen molar-refractivity contribution >= 4 is 12.2 Å². The van der Waals surface area contributed by atoms with Crippen molar-refractivity contribution in [1.29, 1.82) is 0 Å². The summed E-state index contributed by atoms with van der Waals surface area (Å²) in [4.78, 5) is 0. The van der Waals surface area contributed by atoms with Crippen molar-refractivity contribution in [2.75, 3.05) is 12.5 Å². The lowest BCUT2D eigenvalue weighted by molar-refractivity contribution is 0.284. The molecule has 0 radical (unpaired) electrons. The Balaban J connectivity index is 1.68. The molecule has 0 atom stereocenters. The Morgan fingerprint density at radius 1 is 1.12 bits per heavy atom. The van der Waals surface area contributed by atoms with Crippen LogP contribution in [0.15, 0.2) is 48.5 Å². The van der Waals surface area contributed by atoms with Gasteiger partial charge in [-0.05, 0) is 35.5 Å². The zero-order valence-corrected chi connectivity index (χ0v) is 15.7. The number of hydrogen-bond acceptors (Lipinski definition) is 5. The number of H-pyrrole nitrogens is 1. The molecule has 3 rings (SSSR count). The molecule has 0 spiro atoms. The lowest BCUT2D eigenvalue weighted by atomic mass is 10.2. The van der Waals surface area contributed by atoms with Crippen molar-refractivity contribution in [3.8, 4) is 11.5 Å². The largest absolute Gasteiger partial charge is 0.493 e. The van der Waals surface area contributed by atoms with Crippen molar-refractivity contribution in [2.24, 2.45) is 0 Å². The van der Waals surface area contributed by atoms with Crippen LogP contribution in [0.1, 0.15) is 23.9 Å². The molecule has 2 N–H and O–H groups in total. The number of aromatic amines is 1. The molecule has 3 aromatic rings. The topological polar surface area (TPSA) is 64.1 Å². The van der Waals surface area contributed by atoms with Gasteiger partial charge in [0.15, 0.2) is 17.3 Å². The van der Waals surface area contributed by atoms with Gasteiger partial charge in [0, 0.05) is 6.42 Å². The average molecular weight is 370 g/mol. The van der Waals surface area contributed by atoms with Gasteiger partial charge in [0.05, 0.1) is 13.7 Å². The van der Waals surface area contributed by atoms with Crippen molar-refractivity contribution in [1.82, 2.24) is 14.9 Å². The molecule has 0 saturated carbocycles. The molecule has 2 aromatic carbocycles. The Bertz CT molecular complexity index is 905. The Hall–Kier alpha value is -2.80. The van der Waals surface area contributed by atoms with Crippen molar-refractivity contribution < 1.29 is 9.47 Å². The molecule has 0 amide bonds. The standard InChI is InChI=1S/C19H22N4O2S/c1-3-18-21-22-19(26)23(18)20-12-15-9-10-16(17(11-15)24-2)25-13-14-7-5-4-6-8-14/h4-11,20H,3,12-13H2,1-2H3,(H,22,26). The SMILES string of the molecule is CCc1n[nH]c(=S)n1NCc1ccc(OCc2ccccc2)c(OC)c1. The van der Waals surface area contributed by atoms with Crippen LogP contribution in [0.5, 0.6) is 11.5 Å². The van der Waals surface area contributed by atoms with Crippen LogP contribution in [0, 0.1) is 4.77 Å². The van der Waals surface area contributed by atoms with Gasteiger partial charge in [0.25, 0.3) is 0 Å². The van der Waals surface area contributed by atoms with Crippen molar-refractivity contribution in [3.05, 3.63) is 70.3 Å². The van der Waals surface area contributed by atoms with Gasteiger partial charge in [-0.1, -0.05) is 43.3 Å². The monoisotopic (exact) mass is 370 g/mol. The lowest BCUT2D eigenvalue weighted by Crippen LogP contribution is -2.17. The van der Waals surface area contributed by atoms with Crippen LogP contribution < -0.4 is 14.9 Å². The van der Waals surface area contributed by atoms with E-state index in [2.05, 4.69) is 15.6 Å². The Kier molecular flexibility index (Phi) is 5.91. The summed E-state index contributed by atoms with van der Waals surface area (Å²) in [6.45, 7) is 3.13. The fourth-order valence-corrected chi connectivity index (χ4v) is 2.79. The maximum absolute atomic E-state index is 5.89. The molecule has 0 unspecified atom stereocenters. The fraction of sp³-hybridized carbons (Fsp3) is 0.263. The maximum atomic E-state index is 5.89. The summed E-state index contributed by atoms with van der Waals surface area (Å²) in [7, 11) is 1.64. The van der Waals surface area contributed by atoms with Crippen LogP contribution >= 0.6 is 12.2 Å². The molecule has 1 heterocycles. The van der Waals surface area contributed by atoms with Gasteiger partial charge in [-0.15, -0.1) is 0 Å². The van der Waals surface area contributed by atoms with E-state index in [9.17, 15) is 0 Å². The second kappa shape index (κ2) is 8.53. The van der Waals surface area contributed by atoms with E-state index in [1.165, 1.54) is 0 Å². The van der Waals surface area contributed by atoms with E-state index in [0.717, 1.165) is 23.4 Å². The number of aryl methyl sites for hydroxylation is 1. The normalized spacial score (nSPS) is 10.5. The lowest BCUT2D eigenvalue weighted by Gasteiger charge is -2.14. The second-order valence-electron chi connectivity index (χ2n) is 5.73. The third-order valence-corrected chi connectivity index (χ3v) is 4.24. The molecule has 0 bridgehead atoms. The van der Waals surface area contributed by atoms with Crippen LogP contribution in [0.4, 0.5) is 0 Å². The molecule has 0 fully saturated rings. The highest BCUT2D eigenvalue weighted by Gasteiger charge is 2.08. The summed E-state index contributed by atoms with van der Waals surface area (Å²) >= 11 is 5.24. The third kappa shape index (κ3) is 4.23.